The van der Waals surface area contributed by atoms with E-state index < -0.39 is 11.9 Å². The highest BCUT2D eigenvalue weighted by Gasteiger charge is 2.11. The second-order valence-corrected chi connectivity index (χ2v) is 4.11. The van der Waals surface area contributed by atoms with Crippen molar-refractivity contribution < 1.29 is 9.59 Å². The number of hydrogen-bond acceptors (Lipinski definition) is 6. The maximum Gasteiger partial charge on any atom is 0.318 e. The van der Waals surface area contributed by atoms with Gasteiger partial charge in [0.25, 0.3) is 0 Å². The Morgan fingerprint density at radius 3 is 2.76 bits per heavy atom. The van der Waals surface area contributed by atoms with Crippen LogP contribution in [0.1, 0.15) is 5.82 Å². The number of carbonyl (C=O) groups excluding carboxylic acids is 2. The molecule has 0 spiro atoms. The molecule has 0 bridgehead atoms. The third-order valence-corrected chi connectivity index (χ3v) is 2.82. The Morgan fingerprint density at radius 1 is 1.47 bits per heavy atom. The van der Waals surface area contributed by atoms with Gasteiger partial charge in [-0.3, -0.25) is 10.1 Å². The van der Waals surface area contributed by atoms with Gasteiger partial charge in [0.2, 0.25) is 5.91 Å². The molecular formula is C8H14N6O2S. The van der Waals surface area contributed by atoms with Crippen molar-refractivity contribution in [2.45, 2.75) is 18.6 Å². The Labute approximate surface area is 102 Å². The molecule has 94 valence electrons. The summed E-state index contributed by atoms with van der Waals surface area (Å²) in [6, 6.07) is -0.866. The molecule has 0 aliphatic rings. The van der Waals surface area contributed by atoms with Gasteiger partial charge in [-0.15, -0.1) is 10.2 Å². The van der Waals surface area contributed by atoms with Crippen LogP contribution in [0.2, 0.25) is 0 Å². The summed E-state index contributed by atoms with van der Waals surface area (Å²) in [7, 11) is 0. The summed E-state index contributed by atoms with van der Waals surface area (Å²) in [5, 5.41) is 10.4. The van der Waals surface area contributed by atoms with Crippen LogP contribution in [0.15, 0.2) is 5.16 Å². The van der Waals surface area contributed by atoms with Gasteiger partial charge in [0.1, 0.15) is 5.82 Å². The highest BCUT2D eigenvalue weighted by molar-refractivity contribution is 7.99. The number of primary amides is 1. The lowest BCUT2D eigenvalue weighted by Crippen LogP contribution is -2.36. The minimum absolute atomic E-state index is 0.0473. The average molecular weight is 258 g/mol. The lowest BCUT2D eigenvalue weighted by Gasteiger charge is -2.05. The minimum Gasteiger partial charge on any atom is -0.351 e. The molecule has 1 aromatic rings. The summed E-state index contributed by atoms with van der Waals surface area (Å²) in [6.45, 7) is 2.84. The molecule has 0 aromatic carbocycles. The minimum atomic E-state index is -0.866. The second-order valence-electron chi connectivity index (χ2n) is 3.17. The number of aromatic nitrogens is 3. The van der Waals surface area contributed by atoms with E-state index in [4.69, 9.17) is 11.5 Å². The van der Waals surface area contributed by atoms with Crippen molar-refractivity contribution in [1.82, 2.24) is 20.1 Å². The van der Waals surface area contributed by atoms with E-state index in [0.717, 1.165) is 5.82 Å². The monoisotopic (exact) mass is 258 g/mol. The predicted octanol–water partition coefficient (Wildman–Crippen LogP) is -1.17. The number of amides is 3. The molecule has 0 atom stereocenters. The van der Waals surface area contributed by atoms with E-state index in [9.17, 15) is 9.59 Å². The fourth-order valence-corrected chi connectivity index (χ4v) is 1.97. The predicted molar refractivity (Wildman–Crippen MR) is 62.3 cm³/mol. The summed E-state index contributed by atoms with van der Waals surface area (Å²) < 4.78 is 1.81. The number of hydrogen-bond donors (Lipinski definition) is 3. The fourth-order valence-electron chi connectivity index (χ4n) is 1.16. The van der Waals surface area contributed by atoms with E-state index in [1.54, 1.807) is 6.92 Å². The molecular weight excluding hydrogens is 244 g/mol. The van der Waals surface area contributed by atoms with Gasteiger partial charge in [0.05, 0.1) is 5.75 Å². The lowest BCUT2D eigenvalue weighted by molar-refractivity contribution is -0.117. The van der Waals surface area contributed by atoms with Crippen LogP contribution in [0.5, 0.6) is 0 Å². The van der Waals surface area contributed by atoms with Crippen LogP contribution in [0, 0.1) is 6.92 Å². The largest absolute Gasteiger partial charge is 0.351 e. The van der Waals surface area contributed by atoms with E-state index in [0.29, 0.717) is 18.2 Å². The smallest absolute Gasteiger partial charge is 0.318 e. The quantitative estimate of drug-likeness (QED) is 0.571. The Hall–Kier alpha value is -1.61. The van der Waals surface area contributed by atoms with Crippen LogP contribution >= 0.6 is 11.8 Å². The number of thioether (sulfide) groups is 1. The molecule has 9 heteroatoms. The topological polar surface area (TPSA) is 129 Å². The van der Waals surface area contributed by atoms with Crippen molar-refractivity contribution >= 4 is 23.7 Å². The van der Waals surface area contributed by atoms with Gasteiger partial charge < -0.3 is 16.0 Å². The number of rotatable bonds is 5. The highest BCUT2D eigenvalue weighted by Crippen LogP contribution is 2.15. The fraction of sp³-hybridized carbons (Fsp3) is 0.500. The van der Waals surface area contributed by atoms with E-state index in [1.165, 1.54) is 11.8 Å². The molecule has 1 heterocycles. The molecule has 0 saturated heterocycles. The molecule has 1 rings (SSSR count). The van der Waals surface area contributed by atoms with Gasteiger partial charge in [-0.05, 0) is 6.92 Å². The molecule has 3 amide bonds. The van der Waals surface area contributed by atoms with Gasteiger partial charge in [-0.2, -0.15) is 0 Å². The number of urea groups is 1. The molecule has 0 aliphatic heterocycles. The maximum atomic E-state index is 11.2. The standard InChI is InChI=1S/C8H14N6O2S/c1-5-12-13-8(14(5)3-2-9)17-4-6(15)11-7(10)16/h2-4,9H2,1H3,(H3,10,11,15,16). The van der Waals surface area contributed by atoms with E-state index >= 15 is 0 Å². The van der Waals surface area contributed by atoms with Crippen molar-refractivity contribution in [1.29, 1.82) is 0 Å². The third kappa shape index (κ3) is 4.04. The number of nitrogens with two attached hydrogens (primary N) is 2. The SMILES string of the molecule is Cc1nnc(SCC(=O)NC(N)=O)n1CCN. The maximum absolute atomic E-state index is 11.2. The Kier molecular flexibility index (Phi) is 4.91. The summed E-state index contributed by atoms with van der Waals surface area (Å²) >= 11 is 1.17. The summed E-state index contributed by atoms with van der Waals surface area (Å²) in [6.07, 6.45) is 0. The number of nitrogens with one attached hydrogen (secondary N) is 1. The number of nitrogens with zero attached hydrogens (tertiary/aromatic N) is 3. The molecule has 1 aromatic heterocycles. The van der Waals surface area contributed by atoms with Crippen molar-refractivity contribution in [3.05, 3.63) is 5.82 Å². The van der Waals surface area contributed by atoms with Gasteiger partial charge in [0, 0.05) is 13.1 Å². The zero-order valence-corrected chi connectivity index (χ0v) is 10.2. The van der Waals surface area contributed by atoms with Crippen molar-refractivity contribution in [3.63, 3.8) is 0 Å². The Balaban J connectivity index is 2.57. The normalized spacial score (nSPS) is 10.2. The van der Waals surface area contributed by atoms with Crippen molar-refractivity contribution in [2.24, 2.45) is 11.5 Å². The first-order chi connectivity index (χ1) is 8.04. The van der Waals surface area contributed by atoms with Crippen LogP contribution in [0.25, 0.3) is 0 Å². The Morgan fingerprint density at radius 2 is 2.18 bits per heavy atom. The van der Waals surface area contributed by atoms with Gasteiger partial charge >= 0.3 is 6.03 Å². The number of carbonyl (C=O) groups is 2. The number of imide groups is 1. The van der Waals surface area contributed by atoms with Crippen LogP contribution in [-0.2, 0) is 11.3 Å². The van der Waals surface area contributed by atoms with E-state index in [1.807, 2.05) is 9.88 Å². The third-order valence-electron chi connectivity index (χ3n) is 1.85. The zero-order valence-electron chi connectivity index (χ0n) is 9.34. The zero-order chi connectivity index (χ0) is 12.8. The van der Waals surface area contributed by atoms with Crippen LogP contribution in [0.4, 0.5) is 4.79 Å². The summed E-state index contributed by atoms with van der Waals surface area (Å²) in [4.78, 5) is 21.6. The summed E-state index contributed by atoms with van der Waals surface area (Å²) in [5.41, 5.74) is 10.3. The van der Waals surface area contributed by atoms with Gasteiger partial charge in [-0.1, -0.05) is 11.8 Å². The molecule has 5 N–H and O–H groups in total. The lowest BCUT2D eigenvalue weighted by atomic mass is 10.6. The molecule has 0 radical (unpaired) electrons. The second kappa shape index (κ2) is 6.21. The molecule has 8 nitrogen and oxygen atoms in total. The molecule has 0 fully saturated rings. The first kappa shape index (κ1) is 13.5. The highest BCUT2D eigenvalue weighted by atomic mass is 32.2. The molecule has 0 aliphatic carbocycles. The molecule has 0 saturated carbocycles. The molecule has 0 unspecified atom stereocenters. The Bertz CT molecular complexity index is 418. The van der Waals surface area contributed by atoms with Crippen LogP contribution in [-0.4, -0.2) is 39.0 Å². The van der Waals surface area contributed by atoms with Gasteiger partial charge in [-0.25, -0.2) is 4.79 Å². The first-order valence-electron chi connectivity index (χ1n) is 4.86. The van der Waals surface area contributed by atoms with Crippen LogP contribution in [0.3, 0.4) is 0 Å². The van der Waals surface area contributed by atoms with E-state index in [2.05, 4.69) is 10.2 Å². The first-order valence-corrected chi connectivity index (χ1v) is 5.85. The number of aryl methyl sites for hydroxylation is 1. The van der Waals surface area contributed by atoms with Crippen molar-refractivity contribution in [3.8, 4) is 0 Å². The molecule has 17 heavy (non-hydrogen) atoms. The van der Waals surface area contributed by atoms with Crippen molar-refractivity contribution in [2.75, 3.05) is 12.3 Å². The summed E-state index contributed by atoms with van der Waals surface area (Å²) in [5.74, 6) is 0.307. The van der Waals surface area contributed by atoms with Gasteiger partial charge in [0.15, 0.2) is 5.16 Å². The van der Waals surface area contributed by atoms with E-state index in [-0.39, 0.29) is 5.75 Å². The van der Waals surface area contributed by atoms with Crippen LogP contribution < -0.4 is 16.8 Å². The average Bonchev–Trinajstić information content (AvgIpc) is 2.57.